The molecule has 0 aliphatic rings. The summed E-state index contributed by atoms with van der Waals surface area (Å²) in [5.74, 6) is -0.475. The van der Waals surface area contributed by atoms with E-state index in [0.717, 1.165) is 6.42 Å². The van der Waals surface area contributed by atoms with Crippen LogP contribution < -0.4 is 0 Å². The highest BCUT2D eigenvalue weighted by Crippen LogP contribution is 1.93. The van der Waals surface area contributed by atoms with Gasteiger partial charge in [-0.15, -0.1) is 5.10 Å². The lowest BCUT2D eigenvalue weighted by atomic mass is 10.5. The Morgan fingerprint density at radius 2 is 2.18 bits per heavy atom. The average molecular weight is 243 g/mol. The summed E-state index contributed by atoms with van der Waals surface area (Å²) in [4.78, 5) is 14.9. The lowest BCUT2D eigenvalue weighted by Crippen LogP contribution is -2.10. The predicted octanol–water partition coefficient (Wildman–Crippen LogP) is 0.118. The molecule has 0 radical (unpaired) electrons. The Labute approximate surface area is 99.7 Å². The van der Waals surface area contributed by atoms with Crippen LogP contribution in [0, 0.1) is 0 Å². The van der Waals surface area contributed by atoms with E-state index in [4.69, 9.17) is 9.47 Å². The molecule has 0 aromatic carbocycles. The Bertz CT molecular complexity index is 340. The zero-order valence-corrected chi connectivity index (χ0v) is 10.1. The van der Waals surface area contributed by atoms with E-state index >= 15 is 0 Å². The van der Waals surface area contributed by atoms with Crippen LogP contribution in [-0.4, -0.2) is 54.8 Å². The van der Waals surface area contributed by atoms with E-state index in [0.29, 0.717) is 26.4 Å². The molecule has 7 heteroatoms. The number of carbonyl (C=O) groups excluding carboxylic acids is 1. The molecule has 0 spiro atoms. The summed E-state index contributed by atoms with van der Waals surface area (Å²) in [6.45, 7) is 2.41. The second-order valence-electron chi connectivity index (χ2n) is 3.28. The highest BCUT2D eigenvalue weighted by Gasteiger charge is 2.10. The van der Waals surface area contributed by atoms with Crippen molar-refractivity contribution in [1.82, 2.24) is 14.8 Å². The molecule has 1 aromatic heterocycles. The first-order valence-electron chi connectivity index (χ1n) is 5.32. The second kappa shape index (κ2) is 7.75. The smallest absolute Gasteiger partial charge is 0.377 e. The van der Waals surface area contributed by atoms with Crippen molar-refractivity contribution in [2.75, 3.05) is 34.0 Å². The van der Waals surface area contributed by atoms with Crippen LogP contribution in [0.4, 0.5) is 0 Å². The van der Waals surface area contributed by atoms with Crippen LogP contribution in [0.25, 0.3) is 0 Å². The average Bonchev–Trinajstić information content (AvgIpc) is 2.81. The van der Waals surface area contributed by atoms with Gasteiger partial charge in [-0.2, -0.15) is 0 Å². The number of aromatic nitrogens is 3. The summed E-state index contributed by atoms with van der Waals surface area (Å²) in [6, 6.07) is 0. The number of ether oxygens (including phenoxy) is 3. The quantitative estimate of drug-likeness (QED) is 0.477. The van der Waals surface area contributed by atoms with Gasteiger partial charge in [-0.3, -0.25) is 0 Å². The molecule has 0 saturated carbocycles. The third-order valence-corrected chi connectivity index (χ3v) is 2.01. The molecule has 1 heterocycles. The van der Waals surface area contributed by atoms with E-state index in [9.17, 15) is 4.79 Å². The highest BCUT2D eigenvalue weighted by atomic mass is 16.5. The van der Waals surface area contributed by atoms with Gasteiger partial charge in [-0.1, -0.05) is 0 Å². The summed E-state index contributed by atoms with van der Waals surface area (Å²) in [5.41, 5.74) is 0. The maximum Gasteiger partial charge on any atom is 0.377 e. The van der Waals surface area contributed by atoms with Crippen molar-refractivity contribution in [3.05, 3.63) is 12.2 Å². The Balaban J connectivity index is 2.19. The summed E-state index contributed by atoms with van der Waals surface area (Å²) in [6.07, 6.45) is 2.34. The van der Waals surface area contributed by atoms with E-state index in [1.54, 1.807) is 11.8 Å². The monoisotopic (exact) mass is 243 g/mol. The zero-order valence-electron chi connectivity index (χ0n) is 10.1. The van der Waals surface area contributed by atoms with Crippen molar-refractivity contribution < 1.29 is 19.0 Å². The van der Waals surface area contributed by atoms with Gasteiger partial charge in [0.05, 0.1) is 20.3 Å². The number of rotatable bonds is 8. The van der Waals surface area contributed by atoms with E-state index < -0.39 is 5.97 Å². The predicted molar refractivity (Wildman–Crippen MR) is 58.7 cm³/mol. The minimum atomic E-state index is -0.537. The van der Waals surface area contributed by atoms with Gasteiger partial charge < -0.3 is 14.2 Å². The van der Waals surface area contributed by atoms with Gasteiger partial charge in [0, 0.05) is 20.3 Å². The molecule has 0 amide bonds. The van der Waals surface area contributed by atoms with Crippen LogP contribution in [0.3, 0.4) is 0 Å². The fourth-order valence-corrected chi connectivity index (χ4v) is 1.15. The second-order valence-corrected chi connectivity index (χ2v) is 3.28. The first-order chi connectivity index (χ1) is 8.27. The first kappa shape index (κ1) is 13.6. The van der Waals surface area contributed by atoms with Gasteiger partial charge >= 0.3 is 5.97 Å². The third-order valence-electron chi connectivity index (χ3n) is 2.01. The summed E-state index contributed by atoms with van der Waals surface area (Å²) >= 11 is 0. The SMILES string of the molecule is COCCCOCCn1cnc(C(=O)OC)n1. The molecule has 96 valence electrons. The molecule has 17 heavy (non-hydrogen) atoms. The molecule has 0 atom stereocenters. The fraction of sp³-hybridized carbons (Fsp3) is 0.700. The molecule has 0 saturated heterocycles. The normalized spacial score (nSPS) is 10.5. The van der Waals surface area contributed by atoms with Gasteiger partial charge in [0.1, 0.15) is 6.33 Å². The van der Waals surface area contributed by atoms with Gasteiger partial charge in [0.15, 0.2) is 0 Å². The third kappa shape index (κ3) is 4.92. The molecule has 0 fully saturated rings. The number of hydrogen-bond donors (Lipinski definition) is 0. The minimum absolute atomic E-state index is 0.0619. The van der Waals surface area contributed by atoms with Crippen molar-refractivity contribution >= 4 is 5.97 Å². The number of esters is 1. The molecule has 0 aliphatic heterocycles. The van der Waals surface area contributed by atoms with Crippen LogP contribution in [0.5, 0.6) is 0 Å². The Morgan fingerprint density at radius 1 is 1.35 bits per heavy atom. The Kier molecular flexibility index (Phi) is 6.19. The number of methoxy groups -OCH3 is 2. The maximum atomic E-state index is 11.1. The molecular formula is C10H17N3O4. The van der Waals surface area contributed by atoms with Gasteiger partial charge in [0.2, 0.25) is 0 Å². The fourth-order valence-electron chi connectivity index (χ4n) is 1.15. The molecule has 0 aliphatic carbocycles. The van der Waals surface area contributed by atoms with E-state index in [1.165, 1.54) is 13.4 Å². The minimum Gasteiger partial charge on any atom is -0.463 e. The summed E-state index contributed by atoms with van der Waals surface area (Å²) < 4.78 is 16.3. The molecule has 1 rings (SSSR count). The zero-order chi connectivity index (χ0) is 12.5. The lowest BCUT2D eigenvalue weighted by Gasteiger charge is -2.03. The van der Waals surface area contributed by atoms with E-state index in [2.05, 4.69) is 14.8 Å². The van der Waals surface area contributed by atoms with Crippen molar-refractivity contribution in [2.24, 2.45) is 0 Å². The van der Waals surface area contributed by atoms with Gasteiger partial charge in [-0.05, 0) is 6.42 Å². The molecule has 7 nitrogen and oxygen atoms in total. The van der Waals surface area contributed by atoms with Crippen molar-refractivity contribution in [3.63, 3.8) is 0 Å². The largest absolute Gasteiger partial charge is 0.463 e. The number of carbonyl (C=O) groups is 1. The van der Waals surface area contributed by atoms with Crippen LogP contribution in [0.1, 0.15) is 17.0 Å². The number of hydrogen-bond acceptors (Lipinski definition) is 6. The topological polar surface area (TPSA) is 75.5 Å². The Morgan fingerprint density at radius 3 is 2.88 bits per heavy atom. The standard InChI is InChI=1S/C10H17N3O4/c1-15-5-3-6-17-7-4-13-8-11-9(12-13)10(14)16-2/h8H,3-7H2,1-2H3. The van der Waals surface area contributed by atoms with Crippen molar-refractivity contribution in [1.29, 1.82) is 0 Å². The number of nitrogens with zero attached hydrogens (tertiary/aromatic N) is 3. The van der Waals surface area contributed by atoms with Gasteiger partial charge in [-0.25, -0.2) is 14.5 Å². The summed E-state index contributed by atoms with van der Waals surface area (Å²) in [5, 5.41) is 3.94. The molecule has 0 N–H and O–H groups in total. The summed E-state index contributed by atoms with van der Waals surface area (Å²) in [7, 11) is 2.95. The highest BCUT2D eigenvalue weighted by molar-refractivity contribution is 5.84. The molecular weight excluding hydrogens is 226 g/mol. The van der Waals surface area contributed by atoms with Crippen LogP contribution in [0.15, 0.2) is 6.33 Å². The van der Waals surface area contributed by atoms with Gasteiger partial charge in [0.25, 0.3) is 5.82 Å². The molecule has 0 unspecified atom stereocenters. The van der Waals surface area contributed by atoms with Crippen molar-refractivity contribution in [3.8, 4) is 0 Å². The maximum absolute atomic E-state index is 11.1. The molecule has 1 aromatic rings. The van der Waals surface area contributed by atoms with Crippen LogP contribution >= 0.6 is 0 Å². The van der Waals surface area contributed by atoms with Crippen molar-refractivity contribution in [2.45, 2.75) is 13.0 Å². The van der Waals surface area contributed by atoms with E-state index in [1.807, 2.05) is 0 Å². The lowest BCUT2D eigenvalue weighted by molar-refractivity contribution is 0.0585. The van der Waals surface area contributed by atoms with E-state index in [-0.39, 0.29) is 5.82 Å². The van der Waals surface area contributed by atoms with Crippen LogP contribution in [-0.2, 0) is 20.8 Å². The molecule has 0 bridgehead atoms. The van der Waals surface area contributed by atoms with Crippen LogP contribution in [0.2, 0.25) is 0 Å². The Hall–Kier alpha value is -1.47. The first-order valence-corrected chi connectivity index (χ1v) is 5.32.